The summed E-state index contributed by atoms with van der Waals surface area (Å²) in [5.41, 5.74) is 0. The average Bonchev–Trinajstić information content (AvgIpc) is 2.37. The summed E-state index contributed by atoms with van der Waals surface area (Å²) >= 11 is 0. The minimum absolute atomic E-state index is 0.786. The van der Waals surface area contributed by atoms with Crippen LogP contribution in [0.2, 0.25) is 0 Å². The molecule has 1 heteroatoms. The van der Waals surface area contributed by atoms with Gasteiger partial charge in [0.25, 0.3) is 0 Å². The van der Waals surface area contributed by atoms with Crippen molar-refractivity contribution in [3.8, 4) is 0 Å². The van der Waals surface area contributed by atoms with Crippen LogP contribution in [0.1, 0.15) is 11.5 Å². The second kappa shape index (κ2) is 3.06. The lowest BCUT2D eigenvalue weighted by atomic mass is 10.3. The van der Waals surface area contributed by atoms with Crippen LogP contribution in [-0.4, -0.2) is 0 Å². The van der Waals surface area contributed by atoms with Gasteiger partial charge in [0.1, 0.15) is 11.5 Å². The molecule has 52 valence electrons. The summed E-state index contributed by atoms with van der Waals surface area (Å²) in [6.07, 6.45) is 4.28. The van der Waals surface area contributed by atoms with Crippen LogP contribution in [0.25, 0.3) is 6.08 Å². The Kier molecular flexibility index (Phi) is 2.11. The highest BCUT2D eigenvalue weighted by atomic mass is 16.3. The number of hydrogen-bond acceptors (Lipinski definition) is 1. The van der Waals surface area contributed by atoms with E-state index in [0.717, 1.165) is 17.9 Å². The molecule has 0 spiro atoms. The van der Waals surface area contributed by atoms with Gasteiger partial charge in [-0.2, -0.15) is 0 Å². The van der Waals surface area contributed by atoms with Gasteiger partial charge in [-0.05, 0) is 18.2 Å². The van der Waals surface area contributed by atoms with Crippen molar-refractivity contribution >= 4 is 6.08 Å². The zero-order chi connectivity index (χ0) is 7.40. The molecule has 10 heavy (non-hydrogen) atoms. The van der Waals surface area contributed by atoms with Gasteiger partial charge in [-0.3, -0.25) is 0 Å². The molecule has 0 aliphatic carbocycles. The summed E-state index contributed by atoms with van der Waals surface area (Å²) in [4.78, 5) is 0. The Bertz CT molecular complexity index is 233. The van der Waals surface area contributed by atoms with Crippen LogP contribution in [0, 0.1) is 0 Å². The molecule has 1 nitrogen and oxygen atoms in total. The van der Waals surface area contributed by atoms with Gasteiger partial charge in [-0.1, -0.05) is 12.7 Å². The Balaban J connectivity index is 2.77. The van der Waals surface area contributed by atoms with E-state index in [1.165, 1.54) is 0 Å². The molecule has 0 aliphatic heterocycles. The first-order valence-corrected chi connectivity index (χ1v) is 3.19. The van der Waals surface area contributed by atoms with Crippen molar-refractivity contribution < 1.29 is 4.42 Å². The fraction of sp³-hybridized carbons (Fsp3) is 0.111. The molecule has 0 radical (unpaired) electrons. The summed E-state index contributed by atoms with van der Waals surface area (Å²) in [5, 5.41) is 0. The molecule has 1 heterocycles. The summed E-state index contributed by atoms with van der Waals surface area (Å²) in [6, 6.07) is 3.82. The first-order valence-electron chi connectivity index (χ1n) is 3.19. The fourth-order valence-electron chi connectivity index (χ4n) is 0.756. The third kappa shape index (κ3) is 1.38. The Labute approximate surface area is 60.7 Å². The summed E-state index contributed by atoms with van der Waals surface area (Å²) in [7, 11) is 0. The maximum atomic E-state index is 5.28. The molecule has 0 N–H and O–H groups in total. The van der Waals surface area contributed by atoms with Crippen molar-refractivity contribution in [1.29, 1.82) is 0 Å². The smallest absolute Gasteiger partial charge is 0.126 e. The molecule has 1 rings (SSSR count). The summed E-state index contributed by atoms with van der Waals surface area (Å²) in [5.74, 6) is 1.75. The lowest BCUT2D eigenvalue weighted by Crippen LogP contribution is -1.70. The predicted octanol–water partition coefficient (Wildman–Crippen LogP) is 2.65. The maximum absolute atomic E-state index is 5.28. The van der Waals surface area contributed by atoms with Gasteiger partial charge in [0.2, 0.25) is 0 Å². The molecule has 0 amide bonds. The number of allylic oxidation sites excluding steroid dienone is 1. The second-order valence-electron chi connectivity index (χ2n) is 2.00. The molecule has 0 unspecified atom stereocenters. The highest BCUT2D eigenvalue weighted by Crippen LogP contribution is 2.09. The second-order valence-corrected chi connectivity index (χ2v) is 2.00. The third-order valence-corrected chi connectivity index (χ3v) is 1.23. The van der Waals surface area contributed by atoms with Gasteiger partial charge in [-0.25, -0.2) is 0 Å². The molecule has 0 aliphatic rings. The van der Waals surface area contributed by atoms with Crippen molar-refractivity contribution in [3.63, 3.8) is 0 Å². The van der Waals surface area contributed by atoms with Crippen LogP contribution >= 0.6 is 0 Å². The van der Waals surface area contributed by atoms with E-state index >= 15 is 0 Å². The first kappa shape index (κ1) is 6.87. The van der Waals surface area contributed by atoms with E-state index < -0.39 is 0 Å². The zero-order valence-corrected chi connectivity index (χ0v) is 5.84. The Morgan fingerprint density at radius 2 is 2.20 bits per heavy atom. The van der Waals surface area contributed by atoms with Crippen molar-refractivity contribution in [2.45, 2.75) is 6.42 Å². The van der Waals surface area contributed by atoms with Gasteiger partial charge in [0.15, 0.2) is 0 Å². The Morgan fingerprint density at radius 1 is 1.40 bits per heavy atom. The van der Waals surface area contributed by atoms with E-state index in [1.807, 2.05) is 18.2 Å². The quantitative estimate of drug-likeness (QED) is 0.579. The van der Waals surface area contributed by atoms with Crippen molar-refractivity contribution in [3.05, 3.63) is 42.9 Å². The number of furan rings is 1. The van der Waals surface area contributed by atoms with E-state index in [-0.39, 0.29) is 0 Å². The first-order chi connectivity index (χ1) is 4.86. The third-order valence-electron chi connectivity index (χ3n) is 1.23. The van der Waals surface area contributed by atoms with Crippen molar-refractivity contribution in [2.24, 2.45) is 0 Å². The average molecular weight is 134 g/mol. The molecular weight excluding hydrogens is 124 g/mol. The standard InChI is InChI=1S/C9H10O/c1-3-5-9-7-6-8(4-2)10-9/h3-4,6-7H,1-2,5H2. The molecular formula is C9H10O. The van der Waals surface area contributed by atoms with Crippen LogP contribution < -0.4 is 0 Å². The summed E-state index contributed by atoms with van der Waals surface area (Å²) in [6.45, 7) is 7.19. The minimum Gasteiger partial charge on any atom is -0.461 e. The van der Waals surface area contributed by atoms with Crippen molar-refractivity contribution in [1.82, 2.24) is 0 Å². The molecule has 0 aromatic carbocycles. The van der Waals surface area contributed by atoms with Gasteiger partial charge in [0.05, 0.1) is 0 Å². The monoisotopic (exact) mass is 134 g/mol. The maximum Gasteiger partial charge on any atom is 0.126 e. The highest BCUT2D eigenvalue weighted by Gasteiger charge is 1.94. The van der Waals surface area contributed by atoms with Crippen molar-refractivity contribution in [2.75, 3.05) is 0 Å². The van der Waals surface area contributed by atoms with E-state index in [0.29, 0.717) is 0 Å². The lowest BCUT2D eigenvalue weighted by Gasteiger charge is -1.85. The van der Waals surface area contributed by atoms with Gasteiger partial charge in [-0.15, -0.1) is 6.58 Å². The van der Waals surface area contributed by atoms with Gasteiger partial charge >= 0.3 is 0 Å². The Hall–Kier alpha value is -1.24. The zero-order valence-electron chi connectivity index (χ0n) is 5.84. The summed E-state index contributed by atoms with van der Waals surface area (Å²) < 4.78 is 5.28. The fourth-order valence-corrected chi connectivity index (χ4v) is 0.756. The van der Waals surface area contributed by atoms with Gasteiger partial charge < -0.3 is 4.42 Å². The van der Waals surface area contributed by atoms with Crippen LogP contribution in [-0.2, 0) is 6.42 Å². The van der Waals surface area contributed by atoms with Crippen LogP contribution in [0.4, 0.5) is 0 Å². The lowest BCUT2D eigenvalue weighted by molar-refractivity contribution is 0.514. The predicted molar refractivity (Wildman–Crippen MR) is 42.7 cm³/mol. The number of hydrogen-bond donors (Lipinski definition) is 0. The molecule has 1 aromatic heterocycles. The van der Waals surface area contributed by atoms with Crippen LogP contribution in [0.15, 0.2) is 35.8 Å². The largest absolute Gasteiger partial charge is 0.461 e. The minimum atomic E-state index is 0.786. The molecule has 0 fully saturated rings. The molecule has 0 saturated carbocycles. The van der Waals surface area contributed by atoms with Crippen LogP contribution in [0.3, 0.4) is 0 Å². The number of rotatable bonds is 3. The van der Waals surface area contributed by atoms with E-state index in [4.69, 9.17) is 4.42 Å². The SMILES string of the molecule is C=CCc1ccc(C=C)o1. The normalized spacial score (nSPS) is 9.20. The van der Waals surface area contributed by atoms with E-state index in [1.54, 1.807) is 6.08 Å². The van der Waals surface area contributed by atoms with E-state index in [9.17, 15) is 0 Å². The molecule has 1 aromatic rings. The van der Waals surface area contributed by atoms with E-state index in [2.05, 4.69) is 13.2 Å². The van der Waals surface area contributed by atoms with Crippen LogP contribution in [0.5, 0.6) is 0 Å². The Morgan fingerprint density at radius 3 is 2.70 bits per heavy atom. The van der Waals surface area contributed by atoms with Gasteiger partial charge in [0, 0.05) is 6.42 Å². The molecule has 0 saturated heterocycles. The highest BCUT2D eigenvalue weighted by molar-refractivity contribution is 5.39. The molecule has 0 bridgehead atoms. The topological polar surface area (TPSA) is 13.1 Å². The molecule has 0 atom stereocenters.